The van der Waals surface area contributed by atoms with Gasteiger partial charge in [0.1, 0.15) is 0 Å². The zero-order valence-corrected chi connectivity index (χ0v) is 14.2. The molecule has 0 saturated carbocycles. The van der Waals surface area contributed by atoms with E-state index >= 15 is 0 Å². The van der Waals surface area contributed by atoms with Crippen molar-refractivity contribution in [1.29, 1.82) is 0 Å². The zero-order valence-electron chi connectivity index (χ0n) is 14.2. The lowest BCUT2D eigenvalue weighted by molar-refractivity contribution is -0.132. The van der Waals surface area contributed by atoms with Gasteiger partial charge < -0.3 is 10.4 Å². The molecule has 1 atom stereocenters. The van der Waals surface area contributed by atoms with Crippen molar-refractivity contribution in [3.05, 3.63) is 65.8 Å². The first kappa shape index (κ1) is 17.4. The number of nitrogens with one attached hydrogen (secondary N) is 1. The average Bonchev–Trinajstić information content (AvgIpc) is 2.64. The number of aliphatic carboxylic acids is 1. The molecule has 1 saturated heterocycles. The van der Waals surface area contributed by atoms with Crippen LogP contribution in [-0.4, -0.2) is 29.9 Å². The van der Waals surface area contributed by atoms with Crippen molar-refractivity contribution in [3.63, 3.8) is 0 Å². The maximum atomic E-state index is 13.2. The summed E-state index contributed by atoms with van der Waals surface area (Å²) in [6, 6.07) is 9.30. The molecule has 0 aromatic heterocycles. The summed E-state index contributed by atoms with van der Waals surface area (Å²) >= 11 is 0. The standard InChI is InChI=1S/C21H23NO3/c1-2-6-16-19(15-9-11-22-12-10-15)18(21(24)25)13-17(20(16)23)14-7-4-3-5-8-14/h2-5,7-8,13,15-16,22H,1,6,9-12H2,(H,24,25). The predicted octanol–water partition coefficient (Wildman–Crippen LogP) is 3.23. The monoisotopic (exact) mass is 337 g/mol. The minimum Gasteiger partial charge on any atom is -0.478 e. The van der Waals surface area contributed by atoms with Crippen LogP contribution in [0, 0.1) is 11.8 Å². The summed E-state index contributed by atoms with van der Waals surface area (Å²) in [5.74, 6) is -1.24. The summed E-state index contributed by atoms with van der Waals surface area (Å²) in [6.07, 6.45) is 5.50. The molecule has 4 heteroatoms. The second-order valence-electron chi connectivity index (χ2n) is 6.56. The molecular formula is C21H23NO3. The number of piperidine rings is 1. The largest absolute Gasteiger partial charge is 0.478 e. The highest BCUT2D eigenvalue weighted by Gasteiger charge is 2.37. The van der Waals surface area contributed by atoms with Gasteiger partial charge >= 0.3 is 5.97 Å². The molecule has 2 aliphatic rings. The van der Waals surface area contributed by atoms with Crippen LogP contribution in [0.1, 0.15) is 24.8 Å². The molecule has 130 valence electrons. The van der Waals surface area contributed by atoms with Gasteiger partial charge in [0.25, 0.3) is 0 Å². The van der Waals surface area contributed by atoms with Gasteiger partial charge in [0.05, 0.1) is 5.57 Å². The number of allylic oxidation sites excluding steroid dienone is 3. The van der Waals surface area contributed by atoms with Gasteiger partial charge in [0, 0.05) is 11.5 Å². The number of carbonyl (C=O) groups excluding carboxylic acids is 1. The van der Waals surface area contributed by atoms with Crippen molar-refractivity contribution in [2.24, 2.45) is 11.8 Å². The first-order valence-corrected chi connectivity index (χ1v) is 8.73. The Balaban J connectivity index is 2.14. The van der Waals surface area contributed by atoms with Crippen LogP contribution in [0.25, 0.3) is 5.57 Å². The molecular weight excluding hydrogens is 314 g/mol. The Morgan fingerprint density at radius 3 is 2.52 bits per heavy atom. The lowest BCUT2D eigenvalue weighted by Gasteiger charge is -2.33. The van der Waals surface area contributed by atoms with Crippen molar-refractivity contribution < 1.29 is 14.7 Å². The van der Waals surface area contributed by atoms with Crippen molar-refractivity contribution in [2.75, 3.05) is 13.1 Å². The normalized spacial score (nSPS) is 21.8. The summed E-state index contributed by atoms with van der Waals surface area (Å²) in [6.45, 7) is 5.49. The van der Waals surface area contributed by atoms with Crippen LogP contribution in [-0.2, 0) is 9.59 Å². The second-order valence-corrected chi connectivity index (χ2v) is 6.56. The lowest BCUT2D eigenvalue weighted by Crippen LogP contribution is -2.35. The highest BCUT2D eigenvalue weighted by molar-refractivity contribution is 6.26. The van der Waals surface area contributed by atoms with Crippen LogP contribution in [0.3, 0.4) is 0 Å². The first-order valence-electron chi connectivity index (χ1n) is 8.73. The summed E-state index contributed by atoms with van der Waals surface area (Å²) in [7, 11) is 0. The smallest absolute Gasteiger partial charge is 0.335 e. The van der Waals surface area contributed by atoms with E-state index in [1.807, 2.05) is 30.3 Å². The molecule has 0 bridgehead atoms. The minimum atomic E-state index is -0.955. The van der Waals surface area contributed by atoms with E-state index in [-0.39, 0.29) is 17.3 Å². The summed E-state index contributed by atoms with van der Waals surface area (Å²) in [5, 5.41) is 13.1. The van der Waals surface area contributed by atoms with Crippen molar-refractivity contribution in [3.8, 4) is 0 Å². The van der Waals surface area contributed by atoms with E-state index in [0.717, 1.165) is 37.1 Å². The molecule has 2 N–H and O–H groups in total. The number of rotatable bonds is 5. The highest BCUT2D eigenvalue weighted by Crippen LogP contribution is 2.40. The van der Waals surface area contributed by atoms with Crippen molar-refractivity contribution in [1.82, 2.24) is 5.32 Å². The van der Waals surface area contributed by atoms with Gasteiger partial charge in [-0.15, -0.1) is 6.58 Å². The Kier molecular flexibility index (Phi) is 5.29. The van der Waals surface area contributed by atoms with E-state index in [1.54, 1.807) is 12.2 Å². The van der Waals surface area contributed by atoms with E-state index < -0.39 is 11.9 Å². The Labute approximate surface area is 147 Å². The summed E-state index contributed by atoms with van der Waals surface area (Å²) < 4.78 is 0. The number of Topliss-reactive ketones (excluding diaryl/α,β-unsaturated/α-hetero) is 1. The number of carboxylic acids is 1. The fourth-order valence-corrected chi connectivity index (χ4v) is 3.88. The van der Waals surface area contributed by atoms with Crippen LogP contribution in [0.2, 0.25) is 0 Å². The maximum absolute atomic E-state index is 13.2. The average molecular weight is 337 g/mol. The molecule has 3 rings (SSSR count). The predicted molar refractivity (Wildman–Crippen MR) is 98.0 cm³/mol. The van der Waals surface area contributed by atoms with Crippen LogP contribution in [0.4, 0.5) is 0 Å². The molecule has 1 heterocycles. The Morgan fingerprint density at radius 2 is 1.92 bits per heavy atom. The zero-order chi connectivity index (χ0) is 17.8. The Hall–Kier alpha value is -2.46. The molecule has 1 aliphatic heterocycles. The van der Waals surface area contributed by atoms with Crippen LogP contribution in [0.5, 0.6) is 0 Å². The molecule has 1 aromatic carbocycles. The number of hydrogen-bond donors (Lipinski definition) is 2. The molecule has 0 radical (unpaired) electrons. The van der Waals surface area contributed by atoms with Crippen molar-refractivity contribution >= 4 is 17.3 Å². The Morgan fingerprint density at radius 1 is 1.24 bits per heavy atom. The van der Waals surface area contributed by atoms with E-state index in [4.69, 9.17) is 0 Å². The van der Waals surface area contributed by atoms with E-state index in [9.17, 15) is 14.7 Å². The number of hydrogen-bond acceptors (Lipinski definition) is 3. The van der Waals surface area contributed by atoms with Gasteiger partial charge in [-0.1, -0.05) is 36.4 Å². The molecule has 25 heavy (non-hydrogen) atoms. The summed E-state index contributed by atoms with van der Waals surface area (Å²) in [5.41, 5.74) is 2.34. The van der Waals surface area contributed by atoms with Crippen molar-refractivity contribution in [2.45, 2.75) is 19.3 Å². The van der Waals surface area contributed by atoms with E-state index in [2.05, 4.69) is 11.9 Å². The summed E-state index contributed by atoms with van der Waals surface area (Å²) in [4.78, 5) is 25.2. The van der Waals surface area contributed by atoms with Crippen LogP contribution in [0.15, 0.2) is 60.2 Å². The van der Waals surface area contributed by atoms with Gasteiger partial charge in [-0.05, 0) is 55.5 Å². The third kappa shape index (κ3) is 3.49. The fourth-order valence-electron chi connectivity index (χ4n) is 3.88. The number of carbonyl (C=O) groups is 2. The molecule has 1 aliphatic carbocycles. The second kappa shape index (κ2) is 7.62. The quantitative estimate of drug-likeness (QED) is 0.810. The van der Waals surface area contributed by atoms with Gasteiger partial charge in [0.2, 0.25) is 0 Å². The van der Waals surface area contributed by atoms with Gasteiger partial charge in [-0.25, -0.2) is 4.79 Å². The van der Waals surface area contributed by atoms with Gasteiger partial charge in [-0.3, -0.25) is 4.79 Å². The number of benzene rings is 1. The molecule has 0 spiro atoms. The maximum Gasteiger partial charge on any atom is 0.335 e. The fraction of sp³-hybridized carbons (Fsp3) is 0.333. The lowest BCUT2D eigenvalue weighted by atomic mass is 9.71. The first-order chi connectivity index (χ1) is 12.1. The molecule has 1 unspecified atom stereocenters. The van der Waals surface area contributed by atoms with Gasteiger partial charge in [-0.2, -0.15) is 0 Å². The molecule has 0 amide bonds. The van der Waals surface area contributed by atoms with Crippen LogP contribution < -0.4 is 5.32 Å². The minimum absolute atomic E-state index is 0.00429. The molecule has 1 aromatic rings. The van der Waals surface area contributed by atoms with E-state index in [0.29, 0.717) is 12.0 Å². The molecule has 4 nitrogen and oxygen atoms in total. The van der Waals surface area contributed by atoms with Crippen LogP contribution >= 0.6 is 0 Å². The van der Waals surface area contributed by atoms with E-state index in [1.165, 1.54) is 0 Å². The topological polar surface area (TPSA) is 66.4 Å². The highest BCUT2D eigenvalue weighted by atomic mass is 16.4. The Bertz CT molecular complexity index is 740. The van der Waals surface area contributed by atoms with Gasteiger partial charge in [0.15, 0.2) is 5.78 Å². The SMILES string of the molecule is C=CCC1C(=O)C(c2ccccc2)=CC(C(=O)O)=C1C1CCNCC1. The third-order valence-electron chi connectivity index (χ3n) is 5.05. The third-order valence-corrected chi connectivity index (χ3v) is 5.05. The number of ketones is 1. The molecule has 1 fully saturated rings. The number of carboxylic acid groups (broad SMARTS) is 1.